The number of rotatable bonds is 7. The lowest BCUT2D eigenvalue weighted by molar-refractivity contribution is 0.0960. The molecule has 1 atom stereocenters. The fourth-order valence-corrected chi connectivity index (χ4v) is 6.88. The van der Waals surface area contributed by atoms with Gasteiger partial charge in [-0.2, -0.15) is 4.31 Å². The average molecular weight is 476 g/mol. The molecule has 2 saturated heterocycles. The Balaban J connectivity index is 1.48. The van der Waals surface area contributed by atoms with Crippen LogP contribution in [-0.4, -0.2) is 48.1 Å². The maximum Gasteiger partial charge on any atom is 0.243 e. The van der Waals surface area contributed by atoms with Gasteiger partial charge >= 0.3 is 0 Å². The van der Waals surface area contributed by atoms with Crippen LogP contribution in [0.15, 0.2) is 52.5 Å². The van der Waals surface area contributed by atoms with Crippen LogP contribution in [0.4, 0.5) is 4.39 Å². The molecule has 6 nitrogen and oxygen atoms in total. The fraction of sp³-hybridized carbons (Fsp3) is 0.435. The van der Waals surface area contributed by atoms with Gasteiger partial charge in [-0.1, -0.05) is 23.9 Å². The third-order valence-corrected chi connectivity index (χ3v) is 9.00. The number of fused-ring (bicyclic) bond motifs is 1. The van der Waals surface area contributed by atoms with Crippen molar-refractivity contribution in [2.45, 2.75) is 54.1 Å². The van der Waals surface area contributed by atoms with E-state index in [4.69, 9.17) is 9.72 Å². The van der Waals surface area contributed by atoms with Crippen molar-refractivity contribution in [3.63, 3.8) is 0 Å². The van der Waals surface area contributed by atoms with Crippen molar-refractivity contribution >= 4 is 32.8 Å². The van der Waals surface area contributed by atoms with E-state index in [-0.39, 0.29) is 16.8 Å². The van der Waals surface area contributed by atoms with E-state index in [1.54, 1.807) is 22.5 Å². The predicted octanol–water partition coefficient (Wildman–Crippen LogP) is 4.43. The molecule has 2 aliphatic heterocycles. The van der Waals surface area contributed by atoms with Crippen molar-refractivity contribution in [3.05, 3.63) is 53.8 Å². The second kappa shape index (κ2) is 9.13. The fourth-order valence-electron chi connectivity index (χ4n) is 4.38. The summed E-state index contributed by atoms with van der Waals surface area (Å²) in [7, 11) is -3.51. The number of benzene rings is 2. The Kier molecular flexibility index (Phi) is 6.24. The summed E-state index contributed by atoms with van der Waals surface area (Å²) in [5, 5.41) is 0.787. The first-order chi connectivity index (χ1) is 15.5. The molecule has 0 aliphatic carbocycles. The molecular formula is C23H26FN3O3S2. The molecule has 9 heteroatoms. The molecule has 0 spiro atoms. The summed E-state index contributed by atoms with van der Waals surface area (Å²) in [5.41, 5.74) is 2.43. The zero-order chi connectivity index (χ0) is 22.1. The molecule has 32 heavy (non-hydrogen) atoms. The van der Waals surface area contributed by atoms with Crippen LogP contribution in [0, 0.1) is 5.82 Å². The third-order valence-electron chi connectivity index (χ3n) is 6.05. The summed E-state index contributed by atoms with van der Waals surface area (Å²) < 4.78 is 49.1. The van der Waals surface area contributed by atoms with Gasteiger partial charge in [-0.25, -0.2) is 17.8 Å². The van der Waals surface area contributed by atoms with Crippen LogP contribution in [-0.2, 0) is 27.1 Å². The molecule has 2 fully saturated rings. The lowest BCUT2D eigenvalue weighted by Crippen LogP contribution is -2.27. The first kappa shape index (κ1) is 21.9. The summed E-state index contributed by atoms with van der Waals surface area (Å²) in [6.45, 7) is 2.58. The van der Waals surface area contributed by atoms with Crippen LogP contribution in [0.5, 0.6) is 0 Å². The average Bonchev–Trinajstić information content (AvgIpc) is 3.54. The van der Waals surface area contributed by atoms with Gasteiger partial charge in [-0.05, 0) is 61.6 Å². The van der Waals surface area contributed by atoms with E-state index < -0.39 is 10.0 Å². The van der Waals surface area contributed by atoms with Gasteiger partial charge in [0.25, 0.3) is 0 Å². The van der Waals surface area contributed by atoms with E-state index in [0.29, 0.717) is 30.9 Å². The minimum atomic E-state index is -3.51. The maximum absolute atomic E-state index is 13.6. The number of aromatic nitrogens is 2. The van der Waals surface area contributed by atoms with E-state index in [9.17, 15) is 12.8 Å². The molecule has 2 aromatic carbocycles. The number of nitrogens with zero attached hydrogens (tertiary/aromatic N) is 3. The van der Waals surface area contributed by atoms with Gasteiger partial charge in [-0.3, -0.25) is 0 Å². The number of imidazole rings is 1. The molecule has 5 rings (SSSR count). The highest BCUT2D eigenvalue weighted by molar-refractivity contribution is 7.98. The summed E-state index contributed by atoms with van der Waals surface area (Å²) in [4.78, 5) is 5.07. The topological polar surface area (TPSA) is 64.4 Å². The van der Waals surface area contributed by atoms with Gasteiger partial charge in [0.15, 0.2) is 5.16 Å². The molecule has 3 heterocycles. The van der Waals surface area contributed by atoms with E-state index >= 15 is 0 Å². The molecule has 1 aromatic heterocycles. The first-order valence-corrected chi connectivity index (χ1v) is 13.4. The van der Waals surface area contributed by atoms with Gasteiger partial charge in [0.05, 0.1) is 28.6 Å². The Morgan fingerprint density at radius 1 is 1.12 bits per heavy atom. The third kappa shape index (κ3) is 4.44. The second-order valence-corrected chi connectivity index (χ2v) is 11.2. The maximum atomic E-state index is 13.6. The van der Waals surface area contributed by atoms with Crippen molar-refractivity contribution in [1.82, 2.24) is 13.9 Å². The summed E-state index contributed by atoms with van der Waals surface area (Å²) in [6, 6.07) is 11.8. The quantitative estimate of drug-likeness (QED) is 0.473. The Bertz CT molecular complexity index is 1220. The van der Waals surface area contributed by atoms with Crippen LogP contribution in [0.25, 0.3) is 11.0 Å². The van der Waals surface area contributed by atoms with Crippen molar-refractivity contribution in [2.24, 2.45) is 0 Å². The van der Waals surface area contributed by atoms with E-state index in [1.165, 1.54) is 23.9 Å². The zero-order valence-corrected chi connectivity index (χ0v) is 19.4. The summed E-state index contributed by atoms with van der Waals surface area (Å²) in [5.74, 6) is 0.318. The highest BCUT2D eigenvalue weighted by Crippen LogP contribution is 2.31. The van der Waals surface area contributed by atoms with Crippen molar-refractivity contribution < 1.29 is 17.5 Å². The molecular weight excluding hydrogens is 449 g/mol. The molecule has 2 aliphatic rings. The summed E-state index contributed by atoms with van der Waals surface area (Å²) in [6.07, 6.45) is 3.96. The van der Waals surface area contributed by atoms with Crippen molar-refractivity contribution in [3.8, 4) is 0 Å². The van der Waals surface area contributed by atoms with Gasteiger partial charge < -0.3 is 9.30 Å². The van der Waals surface area contributed by atoms with Crippen LogP contribution >= 0.6 is 11.8 Å². The van der Waals surface area contributed by atoms with Crippen LogP contribution in [0.2, 0.25) is 0 Å². The highest BCUT2D eigenvalue weighted by Gasteiger charge is 2.28. The van der Waals surface area contributed by atoms with Crippen LogP contribution in [0.3, 0.4) is 0 Å². The Morgan fingerprint density at radius 3 is 2.72 bits per heavy atom. The van der Waals surface area contributed by atoms with Gasteiger partial charge in [0.2, 0.25) is 10.0 Å². The molecule has 0 N–H and O–H groups in total. The van der Waals surface area contributed by atoms with Crippen molar-refractivity contribution in [1.29, 1.82) is 0 Å². The van der Waals surface area contributed by atoms with E-state index in [2.05, 4.69) is 4.57 Å². The molecule has 0 unspecified atom stereocenters. The summed E-state index contributed by atoms with van der Waals surface area (Å²) >= 11 is 1.53. The largest absolute Gasteiger partial charge is 0.376 e. The highest BCUT2D eigenvalue weighted by atomic mass is 32.2. The zero-order valence-electron chi connectivity index (χ0n) is 17.7. The number of thioether (sulfide) groups is 1. The predicted molar refractivity (Wildman–Crippen MR) is 123 cm³/mol. The number of hydrogen-bond donors (Lipinski definition) is 0. The van der Waals surface area contributed by atoms with Gasteiger partial charge in [-0.15, -0.1) is 0 Å². The molecule has 0 bridgehead atoms. The van der Waals surface area contributed by atoms with Gasteiger partial charge in [0.1, 0.15) is 5.82 Å². The monoisotopic (exact) mass is 475 g/mol. The normalized spacial score (nSPS) is 19.8. The van der Waals surface area contributed by atoms with Crippen LogP contribution < -0.4 is 0 Å². The number of ether oxygens (including phenoxy) is 1. The lowest BCUT2D eigenvalue weighted by Gasteiger charge is -2.16. The van der Waals surface area contributed by atoms with E-state index in [1.807, 2.05) is 12.1 Å². The SMILES string of the molecule is O=S(=O)(c1ccc2c(c1)nc(SCc1cccc(F)c1)n2C[C@H]1CCCO1)N1CCCC1. The first-order valence-electron chi connectivity index (χ1n) is 11.0. The lowest BCUT2D eigenvalue weighted by atomic mass is 10.2. The van der Waals surface area contributed by atoms with E-state index in [0.717, 1.165) is 48.5 Å². The number of sulfonamides is 1. The van der Waals surface area contributed by atoms with Crippen molar-refractivity contribution in [2.75, 3.05) is 19.7 Å². The Morgan fingerprint density at radius 2 is 1.97 bits per heavy atom. The molecule has 0 amide bonds. The standard InChI is InChI=1S/C23H26FN3O3S2/c24-18-6-3-5-17(13-18)16-31-23-25-21-14-20(32(28,29)26-10-1-2-11-26)8-9-22(21)27(23)15-19-7-4-12-30-19/h3,5-6,8-9,13-14,19H,1-2,4,7,10-12,15-16H2/t19-/m1/s1. The minimum absolute atomic E-state index is 0.119. The van der Waals surface area contributed by atoms with Gasteiger partial charge in [0, 0.05) is 25.4 Å². The number of hydrogen-bond acceptors (Lipinski definition) is 5. The smallest absolute Gasteiger partial charge is 0.243 e. The molecule has 170 valence electrons. The Hall–Kier alpha value is -1.94. The molecule has 0 saturated carbocycles. The minimum Gasteiger partial charge on any atom is -0.376 e. The van der Waals surface area contributed by atoms with Crippen LogP contribution in [0.1, 0.15) is 31.2 Å². The Labute approximate surface area is 191 Å². The number of halogens is 1. The second-order valence-electron chi connectivity index (χ2n) is 8.32. The molecule has 3 aromatic rings. The molecule has 0 radical (unpaired) electrons.